The van der Waals surface area contributed by atoms with Gasteiger partial charge in [-0.3, -0.25) is 0 Å². The van der Waals surface area contributed by atoms with Gasteiger partial charge in [0.2, 0.25) is 0 Å². The third kappa shape index (κ3) is 2.76. The smallest absolute Gasteiger partial charge is 0.187 e. The summed E-state index contributed by atoms with van der Waals surface area (Å²) in [5.41, 5.74) is 0. The van der Waals surface area contributed by atoms with Gasteiger partial charge in [-0.25, -0.2) is 8.42 Å². The fraction of sp³-hybridized carbons (Fsp3) is 0.500. The van der Waals surface area contributed by atoms with Gasteiger partial charge < -0.3 is 0 Å². The van der Waals surface area contributed by atoms with Crippen LogP contribution in [0, 0.1) is 0 Å². The highest BCUT2D eigenvalue weighted by molar-refractivity contribution is 7.93. The molecule has 2 rings (SSSR count). The van der Waals surface area contributed by atoms with Crippen molar-refractivity contribution < 1.29 is 8.42 Å². The Balaban J connectivity index is 2.43. The first-order valence-electron chi connectivity index (χ1n) is 7.10. The lowest BCUT2D eigenvalue weighted by atomic mass is 9.90. The van der Waals surface area contributed by atoms with Gasteiger partial charge in [-0.15, -0.1) is 0 Å². The van der Waals surface area contributed by atoms with Crippen LogP contribution in [0.3, 0.4) is 0 Å². The quantitative estimate of drug-likeness (QED) is 0.759. The molecule has 1 aliphatic rings. The molecule has 0 amide bonds. The number of unbranched alkanes of at least 4 members (excludes halogenated alkanes) is 1. The van der Waals surface area contributed by atoms with Crippen LogP contribution in [0.4, 0.5) is 0 Å². The molecule has 1 aromatic carbocycles. The Morgan fingerprint density at radius 1 is 1.21 bits per heavy atom. The Bertz CT molecular complexity index is 531. The molecule has 0 bridgehead atoms. The summed E-state index contributed by atoms with van der Waals surface area (Å²) in [4.78, 5) is 0.456. The Morgan fingerprint density at radius 2 is 1.95 bits per heavy atom. The fourth-order valence-electron chi connectivity index (χ4n) is 2.78. The normalized spacial score (nSPS) is 23.4. The Hall–Kier alpha value is -1.09. The van der Waals surface area contributed by atoms with Gasteiger partial charge in [-0.2, -0.15) is 0 Å². The average Bonchev–Trinajstić information content (AvgIpc) is 2.47. The van der Waals surface area contributed by atoms with Crippen molar-refractivity contribution in [3.63, 3.8) is 0 Å². The summed E-state index contributed by atoms with van der Waals surface area (Å²) in [7, 11) is -3.28. The van der Waals surface area contributed by atoms with Gasteiger partial charge >= 0.3 is 0 Å². The van der Waals surface area contributed by atoms with Crippen LogP contribution < -0.4 is 0 Å². The molecule has 0 fully saturated rings. The van der Waals surface area contributed by atoms with E-state index in [-0.39, 0.29) is 0 Å². The van der Waals surface area contributed by atoms with E-state index < -0.39 is 14.6 Å². The predicted molar refractivity (Wildman–Crippen MR) is 78.9 cm³/mol. The van der Waals surface area contributed by atoms with Crippen molar-refractivity contribution in [1.29, 1.82) is 0 Å². The lowest BCUT2D eigenvalue weighted by molar-refractivity contribution is 0.475. The summed E-state index contributed by atoms with van der Waals surface area (Å²) in [6.07, 6.45) is 9.42. The molecular weight excluding hydrogens is 256 g/mol. The zero-order valence-electron chi connectivity index (χ0n) is 11.5. The van der Waals surface area contributed by atoms with E-state index in [1.54, 1.807) is 24.3 Å². The highest BCUT2D eigenvalue weighted by Crippen LogP contribution is 2.38. The summed E-state index contributed by atoms with van der Waals surface area (Å²) < 4.78 is 25.2. The lowest BCUT2D eigenvalue weighted by Crippen LogP contribution is -2.38. The second-order valence-electron chi connectivity index (χ2n) is 5.28. The van der Waals surface area contributed by atoms with Gasteiger partial charge in [0.15, 0.2) is 9.84 Å². The molecule has 3 heteroatoms. The second-order valence-corrected chi connectivity index (χ2v) is 7.57. The minimum absolute atomic E-state index is 0.456. The van der Waals surface area contributed by atoms with E-state index in [2.05, 4.69) is 6.92 Å². The molecule has 1 atom stereocenters. The first-order chi connectivity index (χ1) is 9.12. The molecule has 0 N–H and O–H groups in total. The highest BCUT2D eigenvalue weighted by Gasteiger charge is 2.42. The minimum Gasteiger partial charge on any atom is -0.223 e. The summed E-state index contributed by atoms with van der Waals surface area (Å²) in [6.45, 7) is 2.11. The third-order valence-electron chi connectivity index (χ3n) is 3.93. The lowest BCUT2D eigenvalue weighted by Gasteiger charge is -2.33. The maximum atomic E-state index is 13.0. The van der Waals surface area contributed by atoms with Gasteiger partial charge in [0.25, 0.3) is 0 Å². The van der Waals surface area contributed by atoms with E-state index in [1.165, 1.54) is 0 Å². The van der Waals surface area contributed by atoms with E-state index >= 15 is 0 Å². The van der Waals surface area contributed by atoms with E-state index in [4.69, 9.17) is 0 Å². The minimum atomic E-state index is -3.28. The predicted octanol–water partition coefficient (Wildman–Crippen LogP) is 4.13. The average molecular weight is 278 g/mol. The first-order valence-corrected chi connectivity index (χ1v) is 8.58. The molecule has 0 saturated carbocycles. The maximum Gasteiger partial charge on any atom is 0.187 e. The van der Waals surface area contributed by atoms with Crippen LogP contribution in [0.15, 0.2) is 47.4 Å². The van der Waals surface area contributed by atoms with Crippen LogP contribution in [0.2, 0.25) is 0 Å². The Kier molecular flexibility index (Phi) is 4.46. The number of rotatable bonds is 5. The topological polar surface area (TPSA) is 34.1 Å². The summed E-state index contributed by atoms with van der Waals surface area (Å²) >= 11 is 0. The van der Waals surface area contributed by atoms with Crippen LogP contribution in [0.5, 0.6) is 0 Å². The van der Waals surface area contributed by atoms with Gasteiger partial charge in [-0.05, 0) is 37.8 Å². The van der Waals surface area contributed by atoms with Crippen molar-refractivity contribution in [1.82, 2.24) is 0 Å². The number of sulfone groups is 1. The summed E-state index contributed by atoms with van der Waals surface area (Å²) in [5.74, 6) is 0. The number of allylic oxidation sites excluding steroid dienone is 1. The zero-order chi connectivity index (χ0) is 13.8. The Morgan fingerprint density at radius 3 is 2.53 bits per heavy atom. The largest absolute Gasteiger partial charge is 0.223 e. The maximum absolute atomic E-state index is 13.0. The van der Waals surface area contributed by atoms with Crippen molar-refractivity contribution in [3.8, 4) is 0 Å². The summed E-state index contributed by atoms with van der Waals surface area (Å²) in [5, 5.41) is 0. The van der Waals surface area contributed by atoms with Gasteiger partial charge in [0.1, 0.15) is 0 Å². The van der Waals surface area contributed by atoms with Gasteiger partial charge in [0, 0.05) is 0 Å². The van der Waals surface area contributed by atoms with Crippen molar-refractivity contribution >= 4 is 9.84 Å². The molecule has 0 radical (unpaired) electrons. The molecule has 0 aliphatic heterocycles. The second kappa shape index (κ2) is 5.91. The van der Waals surface area contributed by atoms with Crippen molar-refractivity contribution in [2.75, 3.05) is 0 Å². The SMILES string of the molecule is CCCCC1(S(=O)(=O)c2ccccc2)C=CCCC1. The standard InChI is InChI=1S/C16H22O2S/c1-2-3-12-16(13-8-5-9-14-16)19(17,18)15-10-6-4-7-11-15/h4,6-8,10-11,13H,2-3,5,9,12,14H2,1H3. The molecule has 2 nitrogen and oxygen atoms in total. The van der Waals surface area contributed by atoms with E-state index in [1.807, 2.05) is 18.2 Å². The first kappa shape index (κ1) is 14.3. The third-order valence-corrected chi connectivity index (χ3v) is 6.44. The molecule has 1 aliphatic carbocycles. The molecular formula is C16H22O2S. The van der Waals surface area contributed by atoms with E-state index in [0.717, 1.165) is 38.5 Å². The van der Waals surface area contributed by atoms with Crippen molar-refractivity contribution in [2.24, 2.45) is 0 Å². The van der Waals surface area contributed by atoms with Crippen molar-refractivity contribution in [2.45, 2.75) is 55.1 Å². The fourth-order valence-corrected chi connectivity index (χ4v) is 4.86. The van der Waals surface area contributed by atoms with Gasteiger partial charge in [-0.1, -0.05) is 50.1 Å². The summed E-state index contributed by atoms with van der Waals surface area (Å²) in [6, 6.07) is 8.88. The molecule has 1 unspecified atom stereocenters. The monoisotopic (exact) mass is 278 g/mol. The van der Waals surface area contributed by atoms with Crippen molar-refractivity contribution in [3.05, 3.63) is 42.5 Å². The van der Waals surface area contributed by atoms with Crippen LogP contribution >= 0.6 is 0 Å². The number of hydrogen-bond acceptors (Lipinski definition) is 2. The number of hydrogen-bond donors (Lipinski definition) is 0. The van der Waals surface area contributed by atoms with Gasteiger partial charge in [0.05, 0.1) is 9.64 Å². The Labute approximate surface area is 116 Å². The molecule has 0 heterocycles. The highest BCUT2D eigenvalue weighted by atomic mass is 32.2. The molecule has 0 aromatic heterocycles. The van der Waals surface area contributed by atoms with Crippen LogP contribution in [0.1, 0.15) is 45.4 Å². The zero-order valence-corrected chi connectivity index (χ0v) is 12.3. The van der Waals surface area contributed by atoms with E-state index in [0.29, 0.717) is 4.90 Å². The molecule has 0 spiro atoms. The molecule has 104 valence electrons. The van der Waals surface area contributed by atoms with E-state index in [9.17, 15) is 8.42 Å². The number of benzene rings is 1. The molecule has 19 heavy (non-hydrogen) atoms. The molecule has 1 aromatic rings. The van der Waals surface area contributed by atoms with Crippen LogP contribution in [0.25, 0.3) is 0 Å². The molecule has 0 saturated heterocycles. The van der Waals surface area contributed by atoms with Crippen LogP contribution in [-0.2, 0) is 9.84 Å². The van der Waals surface area contributed by atoms with Crippen LogP contribution in [-0.4, -0.2) is 13.2 Å².